The molecule has 5 nitrogen and oxygen atoms in total. The van der Waals surface area contributed by atoms with Gasteiger partial charge in [-0.25, -0.2) is 0 Å². The predicted molar refractivity (Wildman–Crippen MR) is 115 cm³/mol. The number of pyridine rings is 1. The lowest BCUT2D eigenvalue weighted by Gasteiger charge is -2.11. The van der Waals surface area contributed by atoms with E-state index in [2.05, 4.69) is 27.8 Å². The molecule has 2 N–H and O–H groups in total. The Morgan fingerprint density at radius 3 is 2.72 bits per heavy atom. The van der Waals surface area contributed by atoms with Crippen LogP contribution in [-0.4, -0.2) is 23.5 Å². The van der Waals surface area contributed by atoms with E-state index in [-0.39, 0.29) is 11.9 Å². The molecule has 5 heteroatoms. The zero-order valence-corrected chi connectivity index (χ0v) is 15.9. The number of hydrogen-bond donors (Lipinski definition) is 2. The molecule has 1 aliphatic rings. The van der Waals surface area contributed by atoms with Gasteiger partial charge in [0.1, 0.15) is 11.3 Å². The highest BCUT2D eigenvalue weighted by Gasteiger charge is 2.22. The molecule has 0 saturated carbocycles. The number of furan rings is 1. The van der Waals surface area contributed by atoms with Crippen LogP contribution in [0, 0.1) is 0 Å². The molecule has 1 atom stereocenters. The molecule has 3 heterocycles. The highest BCUT2D eigenvalue weighted by molar-refractivity contribution is 5.96. The Kier molecular flexibility index (Phi) is 4.58. The fraction of sp³-hybridized carbons (Fsp3) is 0.167. The second kappa shape index (κ2) is 7.53. The SMILES string of the molecule is O=C(Nc1cccc(-c2cc3nccc(-c4ccccc4)c3o2)c1)[C@@H]1CCCN1. The number of carbonyl (C=O) groups excluding carboxylic acids is 1. The van der Waals surface area contributed by atoms with Crippen molar-refractivity contribution in [2.75, 3.05) is 11.9 Å². The third-order valence-electron chi connectivity index (χ3n) is 5.29. The van der Waals surface area contributed by atoms with Crippen LogP contribution in [0.25, 0.3) is 33.6 Å². The van der Waals surface area contributed by atoms with Crippen LogP contribution >= 0.6 is 0 Å². The summed E-state index contributed by atoms with van der Waals surface area (Å²) in [6.45, 7) is 0.897. The number of nitrogens with zero attached hydrogens (tertiary/aromatic N) is 1. The third-order valence-corrected chi connectivity index (χ3v) is 5.29. The molecule has 1 fully saturated rings. The normalized spacial score (nSPS) is 16.2. The number of aromatic nitrogens is 1. The van der Waals surface area contributed by atoms with Gasteiger partial charge in [0.15, 0.2) is 5.58 Å². The Morgan fingerprint density at radius 1 is 1.03 bits per heavy atom. The van der Waals surface area contributed by atoms with Crippen molar-refractivity contribution in [1.29, 1.82) is 0 Å². The first-order valence-corrected chi connectivity index (χ1v) is 9.86. The number of rotatable bonds is 4. The molecule has 0 bridgehead atoms. The molecule has 2 aromatic carbocycles. The molecule has 5 rings (SSSR count). The molecule has 2 aromatic heterocycles. The molecule has 144 valence electrons. The predicted octanol–water partition coefficient (Wildman–Crippen LogP) is 4.85. The second-order valence-corrected chi connectivity index (χ2v) is 7.27. The van der Waals surface area contributed by atoms with E-state index in [4.69, 9.17) is 4.42 Å². The van der Waals surface area contributed by atoms with Gasteiger partial charge in [0, 0.05) is 29.1 Å². The minimum atomic E-state index is -0.109. The van der Waals surface area contributed by atoms with Crippen molar-refractivity contribution in [3.05, 3.63) is 72.9 Å². The van der Waals surface area contributed by atoms with Gasteiger partial charge < -0.3 is 15.1 Å². The van der Waals surface area contributed by atoms with Crippen molar-refractivity contribution in [3.8, 4) is 22.5 Å². The fourth-order valence-electron chi connectivity index (χ4n) is 3.81. The van der Waals surface area contributed by atoms with Gasteiger partial charge in [0.05, 0.1) is 6.04 Å². The molecule has 4 aromatic rings. The topological polar surface area (TPSA) is 67.2 Å². The maximum absolute atomic E-state index is 12.4. The van der Waals surface area contributed by atoms with Gasteiger partial charge in [-0.3, -0.25) is 9.78 Å². The van der Waals surface area contributed by atoms with Crippen molar-refractivity contribution in [2.45, 2.75) is 18.9 Å². The summed E-state index contributed by atoms with van der Waals surface area (Å²) in [6, 6.07) is 21.7. The van der Waals surface area contributed by atoms with Gasteiger partial charge in [-0.2, -0.15) is 0 Å². The summed E-state index contributed by atoms with van der Waals surface area (Å²) in [5.74, 6) is 0.739. The van der Waals surface area contributed by atoms with Gasteiger partial charge in [-0.1, -0.05) is 42.5 Å². The number of fused-ring (bicyclic) bond motifs is 1. The van der Waals surface area contributed by atoms with E-state index in [9.17, 15) is 4.79 Å². The molecule has 0 radical (unpaired) electrons. The molecule has 0 aliphatic carbocycles. The van der Waals surface area contributed by atoms with Crippen molar-refractivity contribution < 1.29 is 9.21 Å². The van der Waals surface area contributed by atoms with E-state index in [0.717, 1.165) is 58.6 Å². The summed E-state index contributed by atoms with van der Waals surface area (Å²) in [4.78, 5) is 16.9. The quantitative estimate of drug-likeness (QED) is 0.528. The average molecular weight is 383 g/mol. The molecule has 0 unspecified atom stereocenters. The smallest absolute Gasteiger partial charge is 0.241 e. The molecule has 0 spiro atoms. The Bertz CT molecular complexity index is 1160. The summed E-state index contributed by atoms with van der Waals surface area (Å²) >= 11 is 0. The highest BCUT2D eigenvalue weighted by Crippen LogP contribution is 2.34. The largest absolute Gasteiger partial charge is 0.454 e. The van der Waals surface area contributed by atoms with Crippen LogP contribution in [0.3, 0.4) is 0 Å². The number of carbonyl (C=O) groups is 1. The maximum atomic E-state index is 12.4. The van der Waals surface area contributed by atoms with Crippen LogP contribution in [0.1, 0.15) is 12.8 Å². The van der Waals surface area contributed by atoms with Crippen LogP contribution < -0.4 is 10.6 Å². The molecule has 29 heavy (non-hydrogen) atoms. The second-order valence-electron chi connectivity index (χ2n) is 7.27. The minimum absolute atomic E-state index is 0.0114. The summed E-state index contributed by atoms with van der Waals surface area (Å²) in [6.07, 6.45) is 3.71. The zero-order valence-electron chi connectivity index (χ0n) is 15.9. The first kappa shape index (κ1) is 17.6. The van der Waals surface area contributed by atoms with Gasteiger partial charge in [-0.05, 0) is 43.1 Å². The average Bonchev–Trinajstić information content (AvgIpc) is 3.44. The molecule has 1 aliphatic heterocycles. The Balaban J connectivity index is 1.47. The lowest BCUT2D eigenvalue weighted by atomic mass is 10.1. The van der Waals surface area contributed by atoms with Crippen molar-refractivity contribution >= 4 is 22.7 Å². The Hall–Kier alpha value is -3.44. The first-order chi connectivity index (χ1) is 14.3. The van der Waals surface area contributed by atoms with Crippen LogP contribution in [-0.2, 0) is 4.79 Å². The van der Waals surface area contributed by atoms with Gasteiger partial charge >= 0.3 is 0 Å². The molecule has 1 saturated heterocycles. The standard InChI is InChI=1S/C24H21N3O2/c28-24(20-10-5-12-25-20)27-18-9-4-8-17(14-18)22-15-21-23(29-22)19(11-13-26-21)16-6-2-1-3-7-16/h1-4,6-9,11,13-15,20,25H,5,10,12H2,(H,27,28)/t20-/m0/s1. The summed E-state index contributed by atoms with van der Waals surface area (Å²) in [5.41, 5.74) is 5.34. The van der Waals surface area contributed by atoms with E-state index >= 15 is 0 Å². The van der Waals surface area contributed by atoms with Crippen molar-refractivity contribution in [3.63, 3.8) is 0 Å². The summed E-state index contributed by atoms with van der Waals surface area (Å²) in [5, 5.41) is 6.23. The van der Waals surface area contributed by atoms with Crippen LogP contribution in [0.5, 0.6) is 0 Å². The van der Waals surface area contributed by atoms with E-state index < -0.39 is 0 Å². The van der Waals surface area contributed by atoms with E-state index in [1.807, 2.05) is 54.6 Å². The third kappa shape index (κ3) is 3.52. The van der Waals surface area contributed by atoms with Crippen LogP contribution in [0.15, 0.2) is 77.3 Å². The summed E-state index contributed by atoms with van der Waals surface area (Å²) < 4.78 is 6.21. The summed E-state index contributed by atoms with van der Waals surface area (Å²) in [7, 11) is 0. The number of benzene rings is 2. The Labute approximate surface area is 168 Å². The lowest BCUT2D eigenvalue weighted by Crippen LogP contribution is -2.35. The molecular formula is C24H21N3O2. The Morgan fingerprint density at radius 2 is 1.90 bits per heavy atom. The van der Waals surface area contributed by atoms with Crippen LogP contribution in [0.2, 0.25) is 0 Å². The highest BCUT2D eigenvalue weighted by atomic mass is 16.3. The number of anilines is 1. The zero-order chi connectivity index (χ0) is 19.6. The van der Waals surface area contributed by atoms with Gasteiger partial charge in [0.2, 0.25) is 5.91 Å². The number of amides is 1. The van der Waals surface area contributed by atoms with Gasteiger partial charge in [-0.15, -0.1) is 0 Å². The minimum Gasteiger partial charge on any atom is -0.454 e. The first-order valence-electron chi connectivity index (χ1n) is 9.86. The monoisotopic (exact) mass is 383 g/mol. The van der Waals surface area contributed by atoms with Crippen LogP contribution in [0.4, 0.5) is 5.69 Å². The number of hydrogen-bond acceptors (Lipinski definition) is 4. The lowest BCUT2D eigenvalue weighted by molar-refractivity contribution is -0.117. The van der Waals surface area contributed by atoms with Crippen molar-refractivity contribution in [1.82, 2.24) is 10.3 Å². The van der Waals surface area contributed by atoms with E-state index in [1.54, 1.807) is 6.20 Å². The van der Waals surface area contributed by atoms with E-state index in [1.165, 1.54) is 0 Å². The molecule has 1 amide bonds. The van der Waals surface area contributed by atoms with Crippen molar-refractivity contribution in [2.24, 2.45) is 0 Å². The molecular weight excluding hydrogens is 362 g/mol. The van der Waals surface area contributed by atoms with Gasteiger partial charge in [0.25, 0.3) is 0 Å². The van der Waals surface area contributed by atoms with E-state index in [0.29, 0.717) is 0 Å². The maximum Gasteiger partial charge on any atom is 0.241 e. The fourth-order valence-corrected chi connectivity index (χ4v) is 3.81. The number of nitrogens with one attached hydrogen (secondary N) is 2.